The predicted octanol–water partition coefficient (Wildman–Crippen LogP) is 2.50. The summed E-state index contributed by atoms with van der Waals surface area (Å²) < 4.78 is 19.5. The van der Waals surface area contributed by atoms with Crippen molar-refractivity contribution in [2.45, 2.75) is 50.4 Å². The summed E-state index contributed by atoms with van der Waals surface area (Å²) in [4.78, 5) is 20.1. The van der Waals surface area contributed by atoms with Gasteiger partial charge in [0, 0.05) is 19.6 Å². The Balaban J connectivity index is 1.30. The number of amides is 1. The highest BCUT2D eigenvalue weighted by molar-refractivity contribution is 5.80. The first-order chi connectivity index (χ1) is 12.1. The molecule has 0 N–H and O–H groups in total. The molecule has 0 aromatic heterocycles. The summed E-state index contributed by atoms with van der Waals surface area (Å²) in [6.07, 6.45) is 4.11. The molecule has 0 aliphatic carbocycles. The molecule has 1 aromatic carbocycles. The Morgan fingerprint density at radius 1 is 1.24 bits per heavy atom. The van der Waals surface area contributed by atoms with Gasteiger partial charge in [-0.3, -0.25) is 14.5 Å². The molecule has 0 bridgehead atoms. The average Bonchev–Trinajstić information content (AvgIpc) is 3.28. The van der Waals surface area contributed by atoms with Gasteiger partial charge in [-0.1, -0.05) is 12.1 Å². The summed E-state index contributed by atoms with van der Waals surface area (Å²) >= 11 is 0. The highest BCUT2D eigenvalue weighted by atomic mass is 19.1. The highest BCUT2D eigenvalue weighted by Crippen LogP contribution is 2.39. The van der Waals surface area contributed by atoms with Crippen LogP contribution < -0.4 is 0 Å². The third-order valence-corrected chi connectivity index (χ3v) is 5.59. The van der Waals surface area contributed by atoms with Gasteiger partial charge in [-0.25, -0.2) is 9.45 Å². The van der Waals surface area contributed by atoms with E-state index in [0.29, 0.717) is 13.2 Å². The van der Waals surface area contributed by atoms with E-state index >= 15 is 0 Å². The smallest absolute Gasteiger partial charge is 0.275 e. The van der Waals surface area contributed by atoms with Gasteiger partial charge in [0.25, 0.3) is 5.91 Å². The molecule has 25 heavy (non-hydrogen) atoms. The first kappa shape index (κ1) is 16.9. The Hall–Kier alpha value is -1.50. The number of benzene rings is 1. The third-order valence-electron chi connectivity index (χ3n) is 5.59. The second-order valence-electron chi connectivity index (χ2n) is 7.36. The van der Waals surface area contributed by atoms with Crippen LogP contribution in [0.5, 0.6) is 0 Å². The Labute approximate surface area is 147 Å². The minimum Gasteiger partial charge on any atom is -0.362 e. The first-order valence-electron chi connectivity index (χ1n) is 9.23. The van der Waals surface area contributed by atoms with E-state index in [4.69, 9.17) is 9.57 Å². The highest BCUT2D eigenvalue weighted by Gasteiger charge is 2.46. The minimum absolute atomic E-state index is 0.0171. The van der Waals surface area contributed by atoms with Crippen LogP contribution in [0.2, 0.25) is 0 Å². The number of carbonyl (C=O) groups excluding carboxylic acids is 1. The number of carbonyl (C=O) groups is 1. The lowest BCUT2D eigenvalue weighted by Crippen LogP contribution is -2.45. The van der Waals surface area contributed by atoms with Crippen molar-refractivity contribution in [3.8, 4) is 0 Å². The fourth-order valence-corrected chi connectivity index (χ4v) is 4.15. The standard InChI is InChI=1S/C19H25FN2O3/c20-16-4-1-3-15(13-16)14-21-10-7-19(8-11-21)6-5-17(25-19)18(23)22-9-2-12-24-22/h1,3-4,13,17H,2,5-12,14H2/t17-/m0/s1. The number of hydrogen-bond donors (Lipinski definition) is 0. The molecule has 3 aliphatic rings. The summed E-state index contributed by atoms with van der Waals surface area (Å²) in [5.41, 5.74) is 0.834. The molecule has 0 saturated carbocycles. The molecule has 3 aliphatic heterocycles. The quantitative estimate of drug-likeness (QED) is 0.842. The number of ether oxygens (including phenoxy) is 1. The number of piperidine rings is 1. The van der Waals surface area contributed by atoms with E-state index in [-0.39, 0.29) is 23.4 Å². The summed E-state index contributed by atoms with van der Waals surface area (Å²) in [5, 5.41) is 1.47. The molecule has 136 valence electrons. The molecule has 1 atom stereocenters. The van der Waals surface area contributed by atoms with Crippen LogP contribution in [0, 0.1) is 5.82 Å². The lowest BCUT2D eigenvalue weighted by atomic mass is 9.88. The van der Waals surface area contributed by atoms with E-state index in [1.165, 1.54) is 11.1 Å². The van der Waals surface area contributed by atoms with E-state index in [9.17, 15) is 9.18 Å². The zero-order valence-electron chi connectivity index (χ0n) is 14.5. The topological polar surface area (TPSA) is 42.0 Å². The number of rotatable bonds is 3. The second-order valence-corrected chi connectivity index (χ2v) is 7.36. The molecule has 0 unspecified atom stereocenters. The van der Waals surface area contributed by atoms with Gasteiger partial charge < -0.3 is 4.74 Å². The molecule has 1 spiro atoms. The van der Waals surface area contributed by atoms with Gasteiger partial charge in [-0.2, -0.15) is 0 Å². The normalized spacial score (nSPS) is 26.4. The molecule has 3 fully saturated rings. The van der Waals surface area contributed by atoms with Gasteiger partial charge in [0.15, 0.2) is 0 Å². The van der Waals surface area contributed by atoms with Crippen molar-refractivity contribution < 1.29 is 18.8 Å². The van der Waals surface area contributed by atoms with Crippen LogP contribution in [0.3, 0.4) is 0 Å². The monoisotopic (exact) mass is 348 g/mol. The van der Waals surface area contributed by atoms with Crippen molar-refractivity contribution in [3.63, 3.8) is 0 Å². The Kier molecular flexibility index (Phi) is 4.75. The van der Waals surface area contributed by atoms with Crippen molar-refractivity contribution in [2.75, 3.05) is 26.2 Å². The van der Waals surface area contributed by atoms with Crippen LogP contribution >= 0.6 is 0 Å². The van der Waals surface area contributed by atoms with Crippen molar-refractivity contribution in [1.82, 2.24) is 9.96 Å². The SMILES string of the molecule is O=C([C@@H]1CCC2(CCN(Cc3cccc(F)c3)CC2)O1)N1CCCO1. The molecule has 4 rings (SSSR count). The zero-order chi connectivity index (χ0) is 17.3. The molecule has 3 heterocycles. The molecule has 1 aromatic rings. The second kappa shape index (κ2) is 7.02. The third kappa shape index (κ3) is 3.71. The van der Waals surface area contributed by atoms with E-state index in [2.05, 4.69) is 4.90 Å². The maximum absolute atomic E-state index is 13.3. The number of hydrogen-bond acceptors (Lipinski definition) is 4. The van der Waals surface area contributed by atoms with Crippen LogP contribution in [0.1, 0.15) is 37.7 Å². The van der Waals surface area contributed by atoms with E-state index in [1.54, 1.807) is 12.1 Å². The van der Waals surface area contributed by atoms with Crippen LogP contribution in [0.25, 0.3) is 0 Å². The number of hydroxylamine groups is 2. The molecule has 6 heteroatoms. The van der Waals surface area contributed by atoms with E-state index in [1.807, 2.05) is 6.07 Å². The Morgan fingerprint density at radius 3 is 2.80 bits per heavy atom. The van der Waals surface area contributed by atoms with Crippen LogP contribution in [0.4, 0.5) is 4.39 Å². The summed E-state index contributed by atoms with van der Waals surface area (Å²) in [6.45, 7) is 3.89. The minimum atomic E-state index is -0.354. The van der Waals surface area contributed by atoms with Crippen molar-refractivity contribution in [1.29, 1.82) is 0 Å². The summed E-state index contributed by atoms with van der Waals surface area (Å²) in [6, 6.07) is 6.79. The Bertz CT molecular complexity index is 625. The molecular weight excluding hydrogens is 323 g/mol. The van der Waals surface area contributed by atoms with Gasteiger partial charge in [-0.05, 0) is 49.8 Å². The lowest BCUT2D eigenvalue weighted by molar-refractivity contribution is -0.185. The van der Waals surface area contributed by atoms with Crippen LogP contribution in [-0.2, 0) is 20.9 Å². The zero-order valence-corrected chi connectivity index (χ0v) is 14.5. The van der Waals surface area contributed by atoms with Crippen molar-refractivity contribution >= 4 is 5.91 Å². The van der Waals surface area contributed by atoms with Gasteiger partial charge in [0.1, 0.15) is 11.9 Å². The molecular formula is C19H25FN2O3. The summed E-state index contributed by atoms with van der Waals surface area (Å²) in [5.74, 6) is -0.202. The predicted molar refractivity (Wildman–Crippen MR) is 90.0 cm³/mol. The fraction of sp³-hybridized carbons (Fsp3) is 0.632. The molecule has 5 nitrogen and oxygen atoms in total. The molecule has 1 amide bonds. The van der Waals surface area contributed by atoms with Crippen LogP contribution in [-0.4, -0.2) is 53.8 Å². The van der Waals surface area contributed by atoms with Gasteiger partial charge in [0.05, 0.1) is 18.8 Å². The van der Waals surface area contributed by atoms with Gasteiger partial charge in [0.2, 0.25) is 0 Å². The number of halogens is 1. The fourth-order valence-electron chi connectivity index (χ4n) is 4.15. The maximum Gasteiger partial charge on any atom is 0.275 e. The molecule has 0 radical (unpaired) electrons. The van der Waals surface area contributed by atoms with E-state index in [0.717, 1.165) is 57.3 Å². The molecule has 3 saturated heterocycles. The number of likely N-dealkylation sites (tertiary alicyclic amines) is 1. The first-order valence-corrected chi connectivity index (χ1v) is 9.23. The number of nitrogens with zero attached hydrogens (tertiary/aromatic N) is 2. The van der Waals surface area contributed by atoms with E-state index < -0.39 is 0 Å². The lowest BCUT2D eigenvalue weighted by Gasteiger charge is -2.39. The van der Waals surface area contributed by atoms with Gasteiger partial charge >= 0.3 is 0 Å². The van der Waals surface area contributed by atoms with Crippen molar-refractivity contribution in [2.24, 2.45) is 0 Å². The van der Waals surface area contributed by atoms with Gasteiger partial charge in [-0.15, -0.1) is 0 Å². The largest absolute Gasteiger partial charge is 0.362 e. The Morgan fingerprint density at radius 2 is 2.08 bits per heavy atom. The van der Waals surface area contributed by atoms with Crippen LogP contribution in [0.15, 0.2) is 24.3 Å². The summed E-state index contributed by atoms with van der Waals surface area (Å²) in [7, 11) is 0. The van der Waals surface area contributed by atoms with Crippen molar-refractivity contribution in [3.05, 3.63) is 35.6 Å². The average molecular weight is 348 g/mol. The maximum atomic E-state index is 13.3.